The maximum atomic E-state index is 5.93. The second-order valence-electron chi connectivity index (χ2n) is 3.80. The number of benzene rings is 1. The van der Waals surface area contributed by atoms with Crippen LogP contribution in [0.25, 0.3) is 22.8 Å². The standard InChI is InChI=1S/C13H7Cl2N3O/c14-10-3-1-2-8(6-10)12-17-13(19-18-12)9-4-5-16-11(15)7-9/h1-7H. The molecule has 0 aliphatic carbocycles. The molecule has 3 aromatic rings. The van der Waals surface area contributed by atoms with Gasteiger partial charge in [-0.25, -0.2) is 4.98 Å². The predicted octanol–water partition coefficient (Wildman–Crippen LogP) is 4.11. The topological polar surface area (TPSA) is 51.8 Å². The molecule has 0 spiro atoms. The van der Waals surface area contributed by atoms with E-state index in [1.807, 2.05) is 12.1 Å². The summed E-state index contributed by atoms with van der Waals surface area (Å²) in [6.45, 7) is 0. The first-order valence-corrected chi connectivity index (χ1v) is 6.19. The lowest BCUT2D eigenvalue weighted by Crippen LogP contribution is -1.82. The van der Waals surface area contributed by atoms with Gasteiger partial charge in [-0.1, -0.05) is 40.5 Å². The van der Waals surface area contributed by atoms with Crippen LogP contribution in [0.4, 0.5) is 0 Å². The van der Waals surface area contributed by atoms with Gasteiger partial charge in [-0.2, -0.15) is 4.98 Å². The number of hydrogen-bond donors (Lipinski definition) is 0. The van der Waals surface area contributed by atoms with Gasteiger partial charge < -0.3 is 4.52 Å². The first-order valence-electron chi connectivity index (χ1n) is 5.44. The van der Waals surface area contributed by atoms with Crippen molar-refractivity contribution in [3.63, 3.8) is 0 Å². The molecule has 0 atom stereocenters. The van der Waals surface area contributed by atoms with Gasteiger partial charge in [-0.05, 0) is 24.3 Å². The van der Waals surface area contributed by atoms with E-state index in [-0.39, 0.29) is 0 Å². The molecule has 0 saturated carbocycles. The van der Waals surface area contributed by atoms with Crippen LogP contribution in [0.15, 0.2) is 47.1 Å². The average molecular weight is 292 g/mol. The smallest absolute Gasteiger partial charge is 0.258 e. The summed E-state index contributed by atoms with van der Waals surface area (Å²) < 4.78 is 5.21. The van der Waals surface area contributed by atoms with Gasteiger partial charge in [-0.3, -0.25) is 0 Å². The van der Waals surface area contributed by atoms with E-state index in [9.17, 15) is 0 Å². The molecule has 0 radical (unpaired) electrons. The number of hydrogen-bond acceptors (Lipinski definition) is 4. The Balaban J connectivity index is 2.00. The van der Waals surface area contributed by atoms with E-state index in [1.54, 1.807) is 30.5 Å². The van der Waals surface area contributed by atoms with E-state index in [0.717, 1.165) is 11.1 Å². The fourth-order valence-electron chi connectivity index (χ4n) is 1.62. The molecule has 2 heterocycles. The highest BCUT2D eigenvalue weighted by molar-refractivity contribution is 6.30. The van der Waals surface area contributed by atoms with Gasteiger partial charge in [0.15, 0.2) is 0 Å². The second kappa shape index (κ2) is 4.99. The van der Waals surface area contributed by atoms with Crippen LogP contribution < -0.4 is 0 Å². The largest absolute Gasteiger partial charge is 0.334 e. The van der Waals surface area contributed by atoms with Crippen molar-refractivity contribution in [1.82, 2.24) is 15.1 Å². The summed E-state index contributed by atoms with van der Waals surface area (Å²) in [5, 5.41) is 4.92. The summed E-state index contributed by atoms with van der Waals surface area (Å²) in [6, 6.07) is 10.7. The minimum Gasteiger partial charge on any atom is -0.334 e. The summed E-state index contributed by atoms with van der Waals surface area (Å²) in [5.74, 6) is 0.865. The Kier molecular flexibility index (Phi) is 3.19. The lowest BCUT2D eigenvalue weighted by molar-refractivity contribution is 0.432. The third kappa shape index (κ3) is 2.59. The van der Waals surface area contributed by atoms with E-state index in [0.29, 0.717) is 21.9 Å². The Morgan fingerprint density at radius 3 is 2.68 bits per heavy atom. The van der Waals surface area contributed by atoms with Gasteiger partial charge in [0.25, 0.3) is 5.89 Å². The Labute approximate surface area is 119 Å². The Hall–Kier alpha value is -1.91. The SMILES string of the molecule is Clc1cccc(-c2noc(-c3ccnc(Cl)c3)n2)c1. The van der Waals surface area contributed by atoms with Gasteiger partial charge in [-0.15, -0.1) is 0 Å². The van der Waals surface area contributed by atoms with E-state index in [2.05, 4.69) is 15.1 Å². The summed E-state index contributed by atoms with van der Waals surface area (Å²) in [6.07, 6.45) is 1.58. The summed E-state index contributed by atoms with van der Waals surface area (Å²) in [5.41, 5.74) is 1.52. The van der Waals surface area contributed by atoms with Crippen LogP contribution in [-0.4, -0.2) is 15.1 Å². The highest BCUT2D eigenvalue weighted by atomic mass is 35.5. The van der Waals surface area contributed by atoms with Gasteiger partial charge in [0.2, 0.25) is 5.82 Å². The highest BCUT2D eigenvalue weighted by Gasteiger charge is 2.11. The molecule has 0 N–H and O–H groups in total. The molecule has 0 bridgehead atoms. The summed E-state index contributed by atoms with van der Waals surface area (Å²) in [7, 11) is 0. The third-order valence-corrected chi connectivity index (χ3v) is 2.92. The second-order valence-corrected chi connectivity index (χ2v) is 4.62. The molecule has 3 rings (SSSR count). The minimum atomic E-state index is 0.375. The number of pyridine rings is 1. The minimum absolute atomic E-state index is 0.375. The monoisotopic (exact) mass is 291 g/mol. The molecule has 1 aromatic carbocycles. The van der Waals surface area contributed by atoms with Crippen LogP contribution in [0.3, 0.4) is 0 Å². The molecule has 0 saturated heterocycles. The Bertz CT molecular complexity index is 667. The van der Waals surface area contributed by atoms with E-state index >= 15 is 0 Å². The Morgan fingerprint density at radius 2 is 1.89 bits per heavy atom. The molecule has 0 fully saturated rings. The van der Waals surface area contributed by atoms with Crippen LogP contribution in [0.2, 0.25) is 10.2 Å². The van der Waals surface area contributed by atoms with Crippen molar-refractivity contribution in [2.24, 2.45) is 0 Å². The first kappa shape index (κ1) is 12.1. The molecule has 19 heavy (non-hydrogen) atoms. The average Bonchev–Trinajstić information content (AvgIpc) is 2.88. The molecule has 6 heteroatoms. The molecule has 4 nitrogen and oxygen atoms in total. The first-order chi connectivity index (χ1) is 9.22. The van der Waals surface area contributed by atoms with Crippen molar-refractivity contribution in [2.75, 3.05) is 0 Å². The fourth-order valence-corrected chi connectivity index (χ4v) is 1.99. The van der Waals surface area contributed by atoms with Crippen LogP contribution >= 0.6 is 23.2 Å². The molecule has 94 valence electrons. The van der Waals surface area contributed by atoms with Crippen molar-refractivity contribution < 1.29 is 4.52 Å². The van der Waals surface area contributed by atoms with Crippen molar-refractivity contribution >= 4 is 23.2 Å². The molecule has 2 aromatic heterocycles. The molecule has 0 amide bonds. The lowest BCUT2D eigenvalue weighted by atomic mass is 10.2. The van der Waals surface area contributed by atoms with E-state index in [4.69, 9.17) is 27.7 Å². The van der Waals surface area contributed by atoms with Gasteiger partial charge >= 0.3 is 0 Å². The fraction of sp³-hybridized carbons (Fsp3) is 0. The zero-order valence-corrected chi connectivity index (χ0v) is 11.1. The molecule has 0 unspecified atom stereocenters. The summed E-state index contributed by atoms with van der Waals surface area (Å²) >= 11 is 11.7. The predicted molar refractivity (Wildman–Crippen MR) is 73.0 cm³/mol. The molecule has 0 aliphatic rings. The summed E-state index contributed by atoms with van der Waals surface area (Å²) in [4.78, 5) is 8.21. The number of halogens is 2. The van der Waals surface area contributed by atoms with Crippen molar-refractivity contribution in [3.8, 4) is 22.8 Å². The van der Waals surface area contributed by atoms with Gasteiger partial charge in [0, 0.05) is 22.3 Å². The van der Waals surface area contributed by atoms with Crippen molar-refractivity contribution in [1.29, 1.82) is 0 Å². The molecular formula is C13H7Cl2N3O. The lowest BCUT2D eigenvalue weighted by Gasteiger charge is -1.94. The molecular weight excluding hydrogens is 285 g/mol. The Morgan fingerprint density at radius 1 is 1.00 bits per heavy atom. The van der Waals surface area contributed by atoms with Crippen LogP contribution in [0, 0.1) is 0 Å². The third-order valence-electron chi connectivity index (χ3n) is 2.48. The van der Waals surface area contributed by atoms with Gasteiger partial charge in [0.05, 0.1) is 0 Å². The van der Waals surface area contributed by atoms with Gasteiger partial charge in [0.1, 0.15) is 5.15 Å². The zero-order chi connectivity index (χ0) is 13.2. The normalized spacial score (nSPS) is 10.6. The maximum Gasteiger partial charge on any atom is 0.258 e. The maximum absolute atomic E-state index is 5.93. The van der Waals surface area contributed by atoms with Crippen LogP contribution in [0.1, 0.15) is 0 Å². The van der Waals surface area contributed by atoms with E-state index < -0.39 is 0 Å². The number of aromatic nitrogens is 3. The van der Waals surface area contributed by atoms with Crippen LogP contribution in [0.5, 0.6) is 0 Å². The van der Waals surface area contributed by atoms with E-state index in [1.165, 1.54) is 0 Å². The van der Waals surface area contributed by atoms with Crippen LogP contribution in [-0.2, 0) is 0 Å². The quantitative estimate of drug-likeness (QED) is 0.667. The molecule has 0 aliphatic heterocycles. The highest BCUT2D eigenvalue weighted by Crippen LogP contribution is 2.24. The van der Waals surface area contributed by atoms with Crippen molar-refractivity contribution in [2.45, 2.75) is 0 Å². The van der Waals surface area contributed by atoms with Crippen molar-refractivity contribution in [3.05, 3.63) is 52.8 Å². The number of rotatable bonds is 2. The number of nitrogens with zero attached hydrogens (tertiary/aromatic N) is 3. The zero-order valence-electron chi connectivity index (χ0n) is 9.55.